The van der Waals surface area contributed by atoms with Crippen LogP contribution < -0.4 is 10.5 Å². The standard InChI is InChI=1S/C20H18FN5O5/c1-13(27)14-2-3-18(17(21)9-14)23-4-6-24(7-5-23)19(28)12-25-11-16(26(30)31)8-15(10-22)20(25)29/h2-3,8-9,11H,4-7,12H2,1H3. The topological polar surface area (TPSA) is 130 Å². The largest absolute Gasteiger partial charge is 0.366 e. The van der Waals surface area contributed by atoms with E-state index >= 15 is 0 Å². The highest BCUT2D eigenvalue weighted by atomic mass is 19.1. The molecule has 0 radical (unpaired) electrons. The smallest absolute Gasteiger partial charge is 0.287 e. The van der Waals surface area contributed by atoms with Crippen molar-refractivity contribution in [1.82, 2.24) is 9.47 Å². The number of nitriles is 1. The van der Waals surface area contributed by atoms with Crippen molar-refractivity contribution < 1.29 is 18.9 Å². The van der Waals surface area contributed by atoms with Crippen molar-refractivity contribution in [1.29, 1.82) is 5.26 Å². The molecule has 1 fully saturated rings. The van der Waals surface area contributed by atoms with Gasteiger partial charge in [-0.05, 0) is 25.1 Å². The lowest BCUT2D eigenvalue weighted by atomic mass is 10.1. The lowest BCUT2D eigenvalue weighted by molar-refractivity contribution is -0.385. The second kappa shape index (κ2) is 8.74. The third kappa shape index (κ3) is 4.58. The summed E-state index contributed by atoms with van der Waals surface area (Å²) in [5.41, 5.74) is -1.07. The minimum Gasteiger partial charge on any atom is -0.366 e. The first kappa shape index (κ1) is 21.6. The number of anilines is 1. The minimum absolute atomic E-state index is 0.239. The van der Waals surface area contributed by atoms with E-state index in [-0.39, 0.29) is 24.4 Å². The molecular formula is C20H18FN5O5. The van der Waals surface area contributed by atoms with Crippen LogP contribution in [0.1, 0.15) is 22.8 Å². The maximum absolute atomic E-state index is 14.4. The maximum Gasteiger partial charge on any atom is 0.287 e. The second-order valence-electron chi connectivity index (χ2n) is 7.00. The van der Waals surface area contributed by atoms with Gasteiger partial charge in [-0.2, -0.15) is 5.26 Å². The summed E-state index contributed by atoms with van der Waals surface area (Å²) < 4.78 is 15.2. The Balaban J connectivity index is 1.70. The van der Waals surface area contributed by atoms with E-state index in [0.717, 1.165) is 16.8 Å². The van der Waals surface area contributed by atoms with Crippen LogP contribution in [0.2, 0.25) is 0 Å². The van der Waals surface area contributed by atoms with E-state index in [1.807, 2.05) is 0 Å². The molecule has 0 N–H and O–H groups in total. The molecule has 3 rings (SSSR count). The molecule has 1 aromatic carbocycles. The third-order valence-electron chi connectivity index (χ3n) is 5.04. The molecule has 160 valence electrons. The highest BCUT2D eigenvalue weighted by Crippen LogP contribution is 2.22. The predicted octanol–water partition coefficient (Wildman–Crippen LogP) is 1.32. The van der Waals surface area contributed by atoms with Crippen LogP contribution in [0.15, 0.2) is 35.3 Å². The van der Waals surface area contributed by atoms with Crippen LogP contribution in [0.5, 0.6) is 0 Å². The van der Waals surface area contributed by atoms with Crippen LogP contribution in [-0.4, -0.2) is 52.3 Å². The zero-order valence-corrected chi connectivity index (χ0v) is 16.6. The van der Waals surface area contributed by atoms with E-state index in [4.69, 9.17) is 5.26 Å². The van der Waals surface area contributed by atoms with Crippen LogP contribution in [0.4, 0.5) is 15.8 Å². The molecule has 0 bridgehead atoms. The van der Waals surface area contributed by atoms with Crippen LogP contribution in [0.3, 0.4) is 0 Å². The molecular weight excluding hydrogens is 409 g/mol. The van der Waals surface area contributed by atoms with E-state index in [1.165, 1.54) is 24.0 Å². The number of carbonyl (C=O) groups excluding carboxylic acids is 2. The first-order valence-electron chi connectivity index (χ1n) is 9.33. The fraction of sp³-hybridized carbons (Fsp3) is 0.300. The van der Waals surface area contributed by atoms with Gasteiger partial charge < -0.3 is 9.80 Å². The number of aromatic nitrogens is 1. The summed E-state index contributed by atoms with van der Waals surface area (Å²) in [4.78, 5) is 49.7. The number of halogens is 1. The quantitative estimate of drug-likeness (QED) is 0.400. The SMILES string of the molecule is CC(=O)c1ccc(N2CCN(C(=O)Cn3cc([N+](=O)[O-])cc(C#N)c3=O)CC2)c(F)c1. The van der Waals surface area contributed by atoms with E-state index in [2.05, 4.69) is 0 Å². The van der Waals surface area contributed by atoms with Gasteiger partial charge in [-0.1, -0.05) is 0 Å². The van der Waals surface area contributed by atoms with Crippen LogP contribution >= 0.6 is 0 Å². The molecule has 2 heterocycles. The molecule has 1 aliphatic heterocycles. The number of hydrogen-bond acceptors (Lipinski definition) is 7. The van der Waals surface area contributed by atoms with Crippen LogP contribution in [0.25, 0.3) is 0 Å². The van der Waals surface area contributed by atoms with Crippen molar-refractivity contribution >= 4 is 23.1 Å². The Kier molecular flexibility index (Phi) is 6.10. The van der Waals surface area contributed by atoms with E-state index in [1.54, 1.807) is 17.0 Å². The molecule has 0 spiro atoms. The Morgan fingerprint density at radius 2 is 1.90 bits per heavy atom. The Hall–Kier alpha value is -4.07. The molecule has 31 heavy (non-hydrogen) atoms. The number of ketones is 1. The lowest BCUT2D eigenvalue weighted by Gasteiger charge is -2.36. The highest BCUT2D eigenvalue weighted by Gasteiger charge is 2.24. The van der Waals surface area contributed by atoms with Gasteiger partial charge in [0, 0.05) is 37.8 Å². The average molecular weight is 427 g/mol. The zero-order valence-electron chi connectivity index (χ0n) is 16.6. The van der Waals surface area contributed by atoms with Crippen molar-refractivity contribution in [2.24, 2.45) is 0 Å². The molecule has 1 amide bonds. The Bertz CT molecular complexity index is 1160. The van der Waals surface area contributed by atoms with Gasteiger partial charge in [0.05, 0.1) is 16.8 Å². The molecule has 0 atom stereocenters. The van der Waals surface area contributed by atoms with Crippen molar-refractivity contribution in [3.05, 3.63) is 67.9 Å². The molecule has 2 aromatic rings. The van der Waals surface area contributed by atoms with E-state index in [0.29, 0.717) is 18.8 Å². The second-order valence-corrected chi connectivity index (χ2v) is 7.00. The third-order valence-corrected chi connectivity index (χ3v) is 5.04. The number of Topliss-reactive ketones (excluding diaryl/α,β-unsaturated/α-hetero) is 1. The molecule has 1 saturated heterocycles. The molecule has 0 unspecified atom stereocenters. The lowest BCUT2D eigenvalue weighted by Crippen LogP contribution is -2.50. The number of piperazine rings is 1. The normalized spacial score (nSPS) is 13.6. The summed E-state index contributed by atoms with van der Waals surface area (Å²) in [6.07, 6.45) is 0.934. The monoisotopic (exact) mass is 427 g/mol. The van der Waals surface area contributed by atoms with Crippen LogP contribution in [-0.2, 0) is 11.3 Å². The van der Waals surface area contributed by atoms with E-state index in [9.17, 15) is 28.9 Å². The number of benzene rings is 1. The Morgan fingerprint density at radius 1 is 1.23 bits per heavy atom. The van der Waals surface area contributed by atoms with Crippen molar-refractivity contribution in [2.75, 3.05) is 31.1 Å². The Labute approximate surface area is 175 Å². The Morgan fingerprint density at radius 3 is 2.45 bits per heavy atom. The minimum atomic E-state index is -0.785. The van der Waals surface area contributed by atoms with Gasteiger partial charge in [0.1, 0.15) is 24.0 Å². The number of pyridine rings is 1. The van der Waals surface area contributed by atoms with Crippen LogP contribution in [0, 0.1) is 27.3 Å². The summed E-state index contributed by atoms with van der Waals surface area (Å²) in [5.74, 6) is -1.21. The maximum atomic E-state index is 14.4. The first-order valence-corrected chi connectivity index (χ1v) is 9.33. The zero-order chi connectivity index (χ0) is 22.7. The number of hydrogen-bond donors (Lipinski definition) is 0. The van der Waals surface area contributed by atoms with Gasteiger partial charge in [0.25, 0.3) is 11.2 Å². The number of rotatable bonds is 5. The number of nitrogens with zero attached hydrogens (tertiary/aromatic N) is 5. The number of nitro groups is 1. The summed E-state index contributed by atoms with van der Waals surface area (Å²) >= 11 is 0. The average Bonchev–Trinajstić information content (AvgIpc) is 2.74. The van der Waals surface area contributed by atoms with Gasteiger partial charge in [-0.3, -0.25) is 29.1 Å². The summed E-state index contributed by atoms with van der Waals surface area (Å²) in [5, 5.41) is 20.0. The number of amides is 1. The summed E-state index contributed by atoms with van der Waals surface area (Å²) in [7, 11) is 0. The molecule has 1 aromatic heterocycles. The van der Waals surface area contributed by atoms with E-state index < -0.39 is 40.0 Å². The number of carbonyl (C=O) groups is 2. The van der Waals surface area contributed by atoms with Gasteiger partial charge in [0.15, 0.2) is 5.78 Å². The van der Waals surface area contributed by atoms with Gasteiger partial charge in [0.2, 0.25) is 5.91 Å². The van der Waals surface area contributed by atoms with Gasteiger partial charge in [-0.15, -0.1) is 0 Å². The van der Waals surface area contributed by atoms with Gasteiger partial charge >= 0.3 is 0 Å². The predicted molar refractivity (Wildman–Crippen MR) is 107 cm³/mol. The summed E-state index contributed by atoms with van der Waals surface area (Å²) in [6.45, 7) is 2.07. The van der Waals surface area contributed by atoms with Gasteiger partial charge in [-0.25, -0.2) is 4.39 Å². The fourth-order valence-electron chi connectivity index (χ4n) is 3.34. The molecule has 1 aliphatic rings. The van der Waals surface area contributed by atoms with Crippen molar-refractivity contribution in [3.63, 3.8) is 0 Å². The highest BCUT2D eigenvalue weighted by molar-refractivity contribution is 5.94. The summed E-state index contributed by atoms with van der Waals surface area (Å²) in [6, 6.07) is 6.71. The molecule has 11 heteroatoms. The first-order chi connectivity index (χ1) is 14.7. The van der Waals surface area contributed by atoms with Crippen molar-refractivity contribution in [2.45, 2.75) is 13.5 Å². The fourth-order valence-corrected chi connectivity index (χ4v) is 3.34. The molecule has 10 nitrogen and oxygen atoms in total. The van der Waals surface area contributed by atoms with Crippen molar-refractivity contribution in [3.8, 4) is 6.07 Å². The molecule has 0 aliphatic carbocycles. The molecule has 0 saturated carbocycles.